The average molecular weight is 260 g/mol. The molecule has 0 aliphatic carbocycles. The summed E-state index contributed by atoms with van der Waals surface area (Å²) in [5.74, 6) is -0.246. The third-order valence-electron chi connectivity index (χ3n) is 2.68. The topological polar surface area (TPSA) is 46.5 Å². The van der Waals surface area contributed by atoms with Crippen LogP contribution in [-0.2, 0) is 0 Å². The molecule has 0 spiro atoms. The highest BCUT2D eigenvalue weighted by Gasteiger charge is 2.10. The second-order valence-electron chi connectivity index (χ2n) is 4.04. The number of carbonyl (C=O) groups is 1. The summed E-state index contributed by atoms with van der Waals surface area (Å²) in [4.78, 5) is 10.8. The highest BCUT2D eigenvalue weighted by molar-refractivity contribution is 5.79. The molecule has 1 N–H and O–H groups in total. The van der Waals surface area contributed by atoms with E-state index in [0.717, 1.165) is 11.6 Å². The van der Waals surface area contributed by atoms with Crippen molar-refractivity contribution < 1.29 is 19.0 Å². The van der Waals surface area contributed by atoms with E-state index in [1.54, 1.807) is 12.1 Å². The molecule has 2 aromatic carbocycles. The molecule has 1 atom stereocenters. The van der Waals surface area contributed by atoms with Crippen molar-refractivity contribution in [1.29, 1.82) is 0 Å². The Bertz CT molecular complexity index is 555. The Kier molecular flexibility index (Phi) is 4.26. The van der Waals surface area contributed by atoms with E-state index in [-0.39, 0.29) is 17.9 Å². The molecule has 98 valence electrons. The van der Waals surface area contributed by atoms with Gasteiger partial charge in [0.1, 0.15) is 24.3 Å². The van der Waals surface area contributed by atoms with Gasteiger partial charge >= 0.3 is 0 Å². The predicted octanol–water partition coefficient (Wildman–Crippen LogP) is 2.75. The summed E-state index contributed by atoms with van der Waals surface area (Å²) < 4.78 is 18.3. The smallest absolute Gasteiger partial charge is 0.153 e. The zero-order valence-electron chi connectivity index (χ0n) is 10.1. The van der Waals surface area contributed by atoms with Crippen LogP contribution in [0.3, 0.4) is 0 Å². The Hall–Kier alpha value is -2.20. The molecule has 2 aromatic rings. The van der Waals surface area contributed by atoms with E-state index in [0.29, 0.717) is 6.29 Å². The normalized spacial score (nSPS) is 11.9. The fraction of sp³-hybridized carbons (Fsp3) is 0.133. The van der Waals surface area contributed by atoms with Gasteiger partial charge in [-0.05, 0) is 23.8 Å². The first-order chi connectivity index (χ1) is 9.20. The fourth-order valence-corrected chi connectivity index (χ4v) is 1.68. The van der Waals surface area contributed by atoms with Gasteiger partial charge in [-0.15, -0.1) is 0 Å². The lowest BCUT2D eigenvalue weighted by Crippen LogP contribution is -2.10. The van der Waals surface area contributed by atoms with Crippen LogP contribution in [0.1, 0.15) is 22.0 Å². The Morgan fingerprint density at radius 3 is 2.63 bits per heavy atom. The lowest BCUT2D eigenvalue weighted by Gasteiger charge is -2.13. The molecule has 0 amide bonds. The summed E-state index contributed by atoms with van der Waals surface area (Å²) in [6.45, 7) is -0.00349. The monoisotopic (exact) mass is 260 g/mol. The number of hydrogen-bond donors (Lipinski definition) is 1. The first-order valence-corrected chi connectivity index (χ1v) is 5.81. The largest absolute Gasteiger partial charge is 0.490 e. The molecular weight excluding hydrogens is 247 g/mol. The first-order valence-electron chi connectivity index (χ1n) is 5.81. The van der Waals surface area contributed by atoms with Gasteiger partial charge in [-0.2, -0.15) is 0 Å². The van der Waals surface area contributed by atoms with Gasteiger partial charge in [0, 0.05) is 0 Å². The van der Waals surface area contributed by atoms with Gasteiger partial charge in [0.05, 0.1) is 5.56 Å². The van der Waals surface area contributed by atoms with Crippen molar-refractivity contribution >= 4 is 6.29 Å². The van der Waals surface area contributed by atoms with Gasteiger partial charge in [-0.3, -0.25) is 4.79 Å². The maximum Gasteiger partial charge on any atom is 0.153 e. The van der Waals surface area contributed by atoms with Gasteiger partial charge in [0.15, 0.2) is 6.29 Å². The molecule has 3 nitrogen and oxygen atoms in total. The molecule has 0 aliphatic rings. The number of aliphatic hydroxyl groups is 1. The molecule has 1 unspecified atom stereocenters. The van der Waals surface area contributed by atoms with Crippen LogP contribution in [0.4, 0.5) is 4.39 Å². The molecule has 0 bridgehead atoms. The average Bonchev–Trinajstić information content (AvgIpc) is 2.46. The molecular formula is C15H13FO3. The van der Waals surface area contributed by atoms with E-state index in [9.17, 15) is 14.3 Å². The third kappa shape index (κ3) is 3.39. The zero-order valence-corrected chi connectivity index (χ0v) is 10.1. The minimum atomic E-state index is -0.800. The summed E-state index contributed by atoms with van der Waals surface area (Å²) in [6.07, 6.45) is -0.279. The molecule has 0 heterocycles. The summed E-state index contributed by atoms with van der Waals surface area (Å²) in [5, 5.41) is 9.91. The van der Waals surface area contributed by atoms with E-state index < -0.39 is 11.9 Å². The van der Waals surface area contributed by atoms with Crippen LogP contribution in [-0.4, -0.2) is 18.0 Å². The summed E-state index contributed by atoms with van der Waals surface area (Å²) in [6, 6.07) is 12.7. The van der Waals surface area contributed by atoms with Crippen LogP contribution >= 0.6 is 0 Å². The van der Waals surface area contributed by atoms with Gasteiger partial charge in [-0.1, -0.05) is 30.3 Å². The molecule has 0 aliphatic heterocycles. The lowest BCUT2D eigenvalue weighted by atomic mass is 10.1. The number of rotatable bonds is 5. The van der Waals surface area contributed by atoms with E-state index >= 15 is 0 Å². The van der Waals surface area contributed by atoms with Gasteiger partial charge < -0.3 is 9.84 Å². The van der Waals surface area contributed by atoms with Crippen molar-refractivity contribution in [3.8, 4) is 5.75 Å². The van der Waals surface area contributed by atoms with Gasteiger partial charge in [0.2, 0.25) is 0 Å². The van der Waals surface area contributed by atoms with Crippen LogP contribution in [0.2, 0.25) is 0 Å². The summed E-state index contributed by atoms with van der Waals surface area (Å²) in [7, 11) is 0. The number of carbonyl (C=O) groups excluding carboxylic acids is 1. The number of aliphatic hydroxyl groups excluding tert-OH is 1. The molecule has 0 aromatic heterocycles. The van der Waals surface area contributed by atoms with Crippen molar-refractivity contribution in [1.82, 2.24) is 0 Å². The Morgan fingerprint density at radius 2 is 1.95 bits per heavy atom. The number of benzene rings is 2. The van der Waals surface area contributed by atoms with Crippen molar-refractivity contribution in [3.05, 3.63) is 65.5 Å². The highest BCUT2D eigenvalue weighted by Crippen LogP contribution is 2.20. The van der Waals surface area contributed by atoms with Crippen LogP contribution < -0.4 is 4.74 Å². The molecule has 0 fully saturated rings. The van der Waals surface area contributed by atoms with Crippen molar-refractivity contribution in [3.63, 3.8) is 0 Å². The molecule has 0 saturated carbocycles. The Morgan fingerprint density at radius 1 is 1.21 bits per heavy atom. The van der Waals surface area contributed by atoms with Crippen LogP contribution in [0.15, 0.2) is 48.5 Å². The third-order valence-corrected chi connectivity index (χ3v) is 2.68. The number of ether oxygens (including phenoxy) is 1. The van der Waals surface area contributed by atoms with Crippen LogP contribution in [0.5, 0.6) is 5.75 Å². The first kappa shape index (κ1) is 13.2. The molecule has 0 saturated heterocycles. The molecule has 4 heteroatoms. The Labute approximate surface area is 110 Å². The minimum Gasteiger partial charge on any atom is -0.490 e. The predicted molar refractivity (Wildman–Crippen MR) is 68.7 cm³/mol. The van der Waals surface area contributed by atoms with E-state index in [2.05, 4.69) is 0 Å². The van der Waals surface area contributed by atoms with Crippen LogP contribution in [0, 0.1) is 5.82 Å². The second-order valence-corrected chi connectivity index (χ2v) is 4.04. The molecule has 0 radical (unpaired) electrons. The minimum absolute atomic E-state index is 0.00349. The number of aldehydes is 1. The number of halogens is 1. The fourth-order valence-electron chi connectivity index (χ4n) is 1.68. The SMILES string of the molecule is O=Cc1cc(F)ccc1OCC(O)c1ccccc1. The number of hydrogen-bond acceptors (Lipinski definition) is 3. The maximum atomic E-state index is 12.9. The van der Waals surface area contributed by atoms with Crippen LogP contribution in [0.25, 0.3) is 0 Å². The van der Waals surface area contributed by atoms with Crippen molar-refractivity contribution in [2.75, 3.05) is 6.61 Å². The quantitative estimate of drug-likeness (QED) is 0.841. The maximum absolute atomic E-state index is 12.9. The molecule has 2 rings (SSSR count). The standard InChI is InChI=1S/C15H13FO3/c16-13-6-7-15(12(8-13)9-17)19-10-14(18)11-4-2-1-3-5-11/h1-9,14,18H,10H2. The lowest BCUT2D eigenvalue weighted by molar-refractivity contribution is 0.104. The van der Waals surface area contributed by atoms with E-state index in [1.807, 2.05) is 18.2 Å². The van der Waals surface area contributed by atoms with Crippen molar-refractivity contribution in [2.45, 2.75) is 6.10 Å². The highest BCUT2D eigenvalue weighted by atomic mass is 19.1. The second kappa shape index (κ2) is 6.11. The van der Waals surface area contributed by atoms with E-state index in [4.69, 9.17) is 4.74 Å². The van der Waals surface area contributed by atoms with E-state index in [1.165, 1.54) is 12.1 Å². The van der Waals surface area contributed by atoms with Gasteiger partial charge in [-0.25, -0.2) is 4.39 Å². The van der Waals surface area contributed by atoms with Gasteiger partial charge in [0.25, 0.3) is 0 Å². The van der Waals surface area contributed by atoms with Crippen molar-refractivity contribution in [2.24, 2.45) is 0 Å². The zero-order chi connectivity index (χ0) is 13.7. The molecule has 19 heavy (non-hydrogen) atoms. The summed E-state index contributed by atoms with van der Waals surface area (Å²) >= 11 is 0. The Balaban J connectivity index is 2.05. The summed E-state index contributed by atoms with van der Waals surface area (Å²) in [5.41, 5.74) is 0.845.